The van der Waals surface area contributed by atoms with Crippen LogP contribution >= 0.6 is 0 Å². The summed E-state index contributed by atoms with van der Waals surface area (Å²) in [6.07, 6.45) is 1.65. The molecule has 6 heteroatoms. The molecule has 5 rings (SSSR count). The number of nitrogens with zero attached hydrogens (tertiary/aromatic N) is 2. The van der Waals surface area contributed by atoms with Crippen molar-refractivity contribution >= 4 is 39.2 Å². The van der Waals surface area contributed by atoms with Crippen LogP contribution in [-0.2, 0) is 12.0 Å². The largest absolute Gasteiger partial charge is 0.437 e. The van der Waals surface area contributed by atoms with Gasteiger partial charge in [-0.15, -0.1) is 0 Å². The van der Waals surface area contributed by atoms with Crippen molar-refractivity contribution in [3.8, 4) is 11.6 Å². The number of amides is 2. The van der Waals surface area contributed by atoms with Crippen LogP contribution in [0, 0.1) is 0 Å². The van der Waals surface area contributed by atoms with E-state index < -0.39 is 0 Å². The summed E-state index contributed by atoms with van der Waals surface area (Å²) >= 11 is 0. The number of aromatic nitrogens is 2. The minimum absolute atomic E-state index is 0.101. The topological polar surface area (TPSA) is 68.2 Å². The van der Waals surface area contributed by atoms with E-state index in [2.05, 4.69) is 66.1 Å². The van der Waals surface area contributed by atoms with E-state index >= 15 is 0 Å². The molecule has 182 valence electrons. The summed E-state index contributed by atoms with van der Waals surface area (Å²) in [5.41, 5.74) is 4.49. The maximum absolute atomic E-state index is 13.0. The Morgan fingerprint density at radius 1 is 0.889 bits per heavy atom. The Kier molecular flexibility index (Phi) is 6.10. The van der Waals surface area contributed by atoms with Crippen LogP contribution in [0.25, 0.3) is 21.8 Å². The van der Waals surface area contributed by atoms with Crippen LogP contribution in [0.1, 0.15) is 33.3 Å². The van der Waals surface area contributed by atoms with Crippen molar-refractivity contribution in [3.63, 3.8) is 0 Å². The molecule has 36 heavy (non-hydrogen) atoms. The van der Waals surface area contributed by atoms with E-state index in [1.165, 1.54) is 10.9 Å². The second kappa shape index (κ2) is 9.38. The van der Waals surface area contributed by atoms with Crippen molar-refractivity contribution in [2.45, 2.75) is 39.7 Å². The van der Waals surface area contributed by atoms with Gasteiger partial charge in [-0.25, -0.2) is 9.78 Å². The fraction of sp³-hybridized carbons (Fsp3) is 0.200. The molecule has 6 nitrogen and oxygen atoms in total. The van der Waals surface area contributed by atoms with Gasteiger partial charge in [-0.1, -0.05) is 57.2 Å². The molecule has 0 saturated carbocycles. The van der Waals surface area contributed by atoms with Gasteiger partial charge in [-0.3, -0.25) is 0 Å². The van der Waals surface area contributed by atoms with Crippen LogP contribution in [0.2, 0.25) is 0 Å². The lowest BCUT2D eigenvalue weighted by atomic mass is 9.86. The zero-order valence-electron chi connectivity index (χ0n) is 21.0. The average molecular weight is 479 g/mol. The van der Waals surface area contributed by atoms with Crippen molar-refractivity contribution in [1.82, 2.24) is 9.55 Å². The second-order valence-electron chi connectivity index (χ2n) is 9.78. The monoisotopic (exact) mass is 478 g/mol. The van der Waals surface area contributed by atoms with Crippen LogP contribution < -0.4 is 15.4 Å². The van der Waals surface area contributed by atoms with Gasteiger partial charge < -0.3 is 19.9 Å². The summed E-state index contributed by atoms with van der Waals surface area (Å²) in [4.78, 5) is 17.3. The Balaban J connectivity index is 1.39. The highest BCUT2D eigenvalue weighted by Gasteiger charge is 2.20. The second-order valence-corrected chi connectivity index (χ2v) is 9.78. The van der Waals surface area contributed by atoms with E-state index in [0.29, 0.717) is 23.0 Å². The summed E-state index contributed by atoms with van der Waals surface area (Å²) in [7, 11) is 0. The first-order valence-electron chi connectivity index (χ1n) is 12.2. The summed E-state index contributed by atoms with van der Waals surface area (Å²) < 4.78 is 8.46. The van der Waals surface area contributed by atoms with E-state index in [0.717, 1.165) is 23.0 Å². The third kappa shape index (κ3) is 4.50. The van der Waals surface area contributed by atoms with E-state index in [-0.39, 0.29) is 11.4 Å². The molecule has 2 amide bonds. The van der Waals surface area contributed by atoms with E-state index in [1.807, 2.05) is 48.5 Å². The number of aryl methyl sites for hydroxylation is 1. The maximum Gasteiger partial charge on any atom is 0.323 e. The third-order valence-corrected chi connectivity index (χ3v) is 6.27. The van der Waals surface area contributed by atoms with Gasteiger partial charge in [0.05, 0.1) is 0 Å². The molecule has 0 saturated heterocycles. The number of nitrogens with one attached hydrogen (secondary N) is 2. The first-order valence-corrected chi connectivity index (χ1v) is 12.2. The predicted octanol–water partition coefficient (Wildman–Crippen LogP) is 7.94. The molecular formula is C30H30N4O2. The van der Waals surface area contributed by atoms with E-state index in [4.69, 9.17) is 4.74 Å². The number of hydrogen-bond donors (Lipinski definition) is 2. The summed E-state index contributed by atoms with van der Waals surface area (Å²) in [6.45, 7) is 9.41. The van der Waals surface area contributed by atoms with Crippen molar-refractivity contribution in [1.29, 1.82) is 0 Å². The van der Waals surface area contributed by atoms with Gasteiger partial charge in [0.25, 0.3) is 0 Å². The smallest absolute Gasteiger partial charge is 0.323 e. The number of benzene rings is 3. The molecule has 0 unspecified atom stereocenters. The van der Waals surface area contributed by atoms with E-state index in [1.54, 1.807) is 18.3 Å². The number of ether oxygens (including phenoxy) is 1. The number of rotatable bonds is 5. The fourth-order valence-electron chi connectivity index (χ4n) is 4.60. The SMILES string of the molecule is CCn1c2ccccc2c2cc(NC(=O)Nc3cccnc3Oc3ccccc3C(C)(C)C)ccc21. The highest BCUT2D eigenvalue weighted by molar-refractivity contribution is 6.10. The van der Waals surface area contributed by atoms with Gasteiger partial charge in [-0.05, 0) is 54.8 Å². The lowest BCUT2D eigenvalue weighted by Crippen LogP contribution is -2.20. The van der Waals surface area contributed by atoms with Crippen LogP contribution in [0.4, 0.5) is 16.2 Å². The number of urea groups is 1. The Labute approximate surface area is 210 Å². The number of carbonyl (C=O) groups excluding carboxylic acids is 1. The molecule has 2 aromatic heterocycles. The number of pyridine rings is 1. The molecule has 0 aliphatic heterocycles. The molecule has 0 fully saturated rings. The van der Waals surface area contributed by atoms with Crippen molar-refractivity contribution < 1.29 is 9.53 Å². The molecule has 0 spiro atoms. The highest BCUT2D eigenvalue weighted by Crippen LogP contribution is 2.36. The summed E-state index contributed by atoms with van der Waals surface area (Å²) in [5.74, 6) is 1.05. The lowest BCUT2D eigenvalue weighted by Gasteiger charge is -2.22. The van der Waals surface area contributed by atoms with E-state index in [9.17, 15) is 4.79 Å². The van der Waals surface area contributed by atoms with Crippen LogP contribution in [0.5, 0.6) is 11.6 Å². The van der Waals surface area contributed by atoms with Crippen molar-refractivity contribution in [3.05, 3.63) is 90.6 Å². The quantitative estimate of drug-likeness (QED) is 0.269. The molecule has 0 bridgehead atoms. The lowest BCUT2D eigenvalue weighted by molar-refractivity contribution is 0.262. The van der Waals surface area contributed by atoms with Crippen LogP contribution in [0.3, 0.4) is 0 Å². The summed E-state index contributed by atoms with van der Waals surface area (Å²) in [5, 5.41) is 8.13. The minimum Gasteiger partial charge on any atom is -0.437 e. The first kappa shape index (κ1) is 23.4. The van der Waals surface area contributed by atoms with Crippen LogP contribution in [0.15, 0.2) is 85.1 Å². The highest BCUT2D eigenvalue weighted by atomic mass is 16.5. The van der Waals surface area contributed by atoms with Gasteiger partial charge in [0.2, 0.25) is 5.88 Å². The Hall–Kier alpha value is -4.32. The number of para-hydroxylation sites is 2. The Morgan fingerprint density at radius 2 is 1.64 bits per heavy atom. The predicted molar refractivity (Wildman–Crippen MR) is 147 cm³/mol. The normalized spacial score (nSPS) is 11.6. The van der Waals surface area contributed by atoms with Gasteiger partial charge in [0, 0.05) is 45.8 Å². The number of anilines is 2. The van der Waals surface area contributed by atoms with Crippen molar-refractivity contribution in [2.24, 2.45) is 0 Å². The first-order chi connectivity index (χ1) is 17.3. The molecule has 3 aromatic carbocycles. The zero-order valence-corrected chi connectivity index (χ0v) is 21.0. The third-order valence-electron chi connectivity index (χ3n) is 6.27. The van der Waals surface area contributed by atoms with Gasteiger partial charge in [0.15, 0.2) is 0 Å². The van der Waals surface area contributed by atoms with Gasteiger partial charge in [-0.2, -0.15) is 0 Å². The summed E-state index contributed by atoms with van der Waals surface area (Å²) in [6, 6.07) is 25.4. The minimum atomic E-state index is -0.365. The van der Waals surface area contributed by atoms with Gasteiger partial charge in [0.1, 0.15) is 11.4 Å². The molecule has 0 aliphatic carbocycles. The number of carbonyl (C=O) groups is 1. The Bertz CT molecular complexity index is 1560. The zero-order chi connectivity index (χ0) is 25.3. The van der Waals surface area contributed by atoms with Gasteiger partial charge >= 0.3 is 6.03 Å². The number of fused-ring (bicyclic) bond motifs is 3. The standard InChI is InChI=1S/C30H30N4O2/c1-5-34-25-14-8-6-11-21(25)22-19-20(16-17-26(22)34)32-29(35)33-24-13-10-18-31-28(24)36-27-15-9-7-12-23(27)30(2,3)4/h6-19H,5H2,1-4H3,(H2,32,33,35). The average Bonchev–Trinajstić information content (AvgIpc) is 3.18. The van der Waals surface area contributed by atoms with Crippen molar-refractivity contribution in [2.75, 3.05) is 10.6 Å². The molecule has 0 radical (unpaired) electrons. The fourth-order valence-corrected chi connectivity index (χ4v) is 4.60. The molecule has 0 atom stereocenters. The Morgan fingerprint density at radius 3 is 2.44 bits per heavy atom. The maximum atomic E-state index is 13.0. The van der Waals surface area contributed by atoms with Crippen LogP contribution in [-0.4, -0.2) is 15.6 Å². The molecule has 0 aliphatic rings. The molecule has 5 aromatic rings. The molecular weight excluding hydrogens is 448 g/mol. The number of hydrogen-bond acceptors (Lipinski definition) is 3. The molecule has 2 heterocycles. The molecule has 2 N–H and O–H groups in total.